The Bertz CT molecular complexity index is 847. The maximum Gasteiger partial charge on any atom is 0.340 e. The maximum absolute atomic E-state index is 12.6. The molecule has 1 fully saturated rings. The Kier molecular flexibility index (Phi) is 5.38. The van der Waals surface area contributed by atoms with Gasteiger partial charge in [-0.25, -0.2) is 4.79 Å². The number of esters is 1. The van der Waals surface area contributed by atoms with Gasteiger partial charge in [-0.2, -0.15) is 0 Å². The van der Waals surface area contributed by atoms with Gasteiger partial charge in [0.25, 0.3) is 0 Å². The van der Waals surface area contributed by atoms with Crippen LogP contribution in [-0.2, 0) is 9.53 Å². The summed E-state index contributed by atoms with van der Waals surface area (Å²) in [5, 5.41) is 0.524. The van der Waals surface area contributed by atoms with Crippen LogP contribution in [0.5, 0.6) is 0 Å². The highest BCUT2D eigenvalue weighted by Gasteiger charge is 2.27. The highest BCUT2D eigenvalue weighted by molar-refractivity contribution is 6.30. The monoisotopic (exact) mass is 371 g/mol. The maximum atomic E-state index is 12.6. The number of hydrogen-bond donors (Lipinski definition) is 0. The molecule has 0 aliphatic carbocycles. The molecule has 0 spiro atoms. The molecular weight excluding hydrogens is 354 g/mol. The number of amides is 1. The van der Waals surface area contributed by atoms with E-state index in [1.165, 1.54) is 6.92 Å². The normalized spacial score (nSPS) is 15.0. The van der Waals surface area contributed by atoms with Crippen molar-refractivity contribution >= 4 is 34.9 Å². The van der Waals surface area contributed by atoms with E-state index in [9.17, 15) is 14.4 Å². The molecule has 1 amide bonds. The van der Waals surface area contributed by atoms with Crippen molar-refractivity contribution in [2.45, 2.75) is 25.9 Å². The van der Waals surface area contributed by atoms with Gasteiger partial charge in [0, 0.05) is 23.6 Å². The van der Waals surface area contributed by atoms with Crippen LogP contribution in [-0.4, -0.2) is 30.3 Å². The Balaban J connectivity index is 1.77. The first kappa shape index (κ1) is 18.1. The fraction of sp³-hybridized carbons (Fsp3) is 0.250. The van der Waals surface area contributed by atoms with E-state index in [-0.39, 0.29) is 17.3 Å². The number of ether oxygens (including phenoxy) is 1. The molecule has 2 aromatic carbocycles. The molecule has 0 N–H and O–H groups in total. The van der Waals surface area contributed by atoms with Gasteiger partial charge >= 0.3 is 5.97 Å². The van der Waals surface area contributed by atoms with Crippen molar-refractivity contribution in [3.05, 3.63) is 64.7 Å². The summed E-state index contributed by atoms with van der Waals surface area (Å²) in [5.74, 6) is -0.963. The van der Waals surface area contributed by atoms with Crippen molar-refractivity contribution in [2.75, 3.05) is 11.4 Å². The minimum Gasteiger partial charge on any atom is -0.451 e. The van der Waals surface area contributed by atoms with E-state index < -0.39 is 12.1 Å². The predicted octanol–water partition coefficient (Wildman–Crippen LogP) is 3.90. The zero-order valence-corrected chi connectivity index (χ0v) is 15.0. The first-order valence-electron chi connectivity index (χ1n) is 8.37. The number of hydrogen-bond acceptors (Lipinski definition) is 4. The molecule has 1 saturated heterocycles. The molecule has 0 saturated carbocycles. The lowest BCUT2D eigenvalue weighted by Gasteiger charge is -2.20. The molecule has 0 radical (unpaired) electrons. The van der Waals surface area contributed by atoms with Crippen LogP contribution < -0.4 is 4.90 Å². The first-order chi connectivity index (χ1) is 12.5. The fourth-order valence-electron chi connectivity index (χ4n) is 2.91. The van der Waals surface area contributed by atoms with Crippen molar-refractivity contribution in [1.29, 1.82) is 0 Å². The van der Waals surface area contributed by atoms with Gasteiger partial charge in [-0.3, -0.25) is 9.59 Å². The number of para-hydroxylation sites is 1. The van der Waals surface area contributed by atoms with Crippen LogP contribution in [0.2, 0.25) is 5.02 Å². The number of ketones is 1. The lowest BCUT2D eigenvalue weighted by molar-refractivity contribution is -0.117. The molecule has 1 aliphatic rings. The Morgan fingerprint density at radius 3 is 2.46 bits per heavy atom. The minimum absolute atomic E-state index is 0.0180. The topological polar surface area (TPSA) is 63.7 Å². The number of anilines is 1. The van der Waals surface area contributed by atoms with Gasteiger partial charge in [-0.05, 0) is 49.7 Å². The summed E-state index contributed by atoms with van der Waals surface area (Å²) in [6.45, 7) is 2.10. The Hall–Kier alpha value is -2.66. The van der Waals surface area contributed by atoms with Crippen LogP contribution in [0.1, 0.15) is 40.5 Å². The van der Waals surface area contributed by atoms with Crippen LogP contribution >= 0.6 is 11.6 Å². The van der Waals surface area contributed by atoms with Crippen LogP contribution in [0.4, 0.5) is 5.69 Å². The van der Waals surface area contributed by atoms with E-state index in [0.29, 0.717) is 29.2 Å². The van der Waals surface area contributed by atoms with Crippen molar-refractivity contribution in [2.24, 2.45) is 0 Å². The van der Waals surface area contributed by atoms with E-state index in [4.69, 9.17) is 16.3 Å². The van der Waals surface area contributed by atoms with Crippen LogP contribution in [0.15, 0.2) is 48.5 Å². The summed E-state index contributed by atoms with van der Waals surface area (Å²) >= 11 is 5.82. The number of carbonyl (C=O) groups is 3. The summed E-state index contributed by atoms with van der Waals surface area (Å²) in [7, 11) is 0. The largest absolute Gasteiger partial charge is 0.451 e. The third-order valence-corrected chi connectivity index (χ3v) is 4.52. The zero-order chi connectivity index (χ0) is 18.7. The van der Waals surface area contributed by atoms with Gasteiger partial charge < -0.3 is 9.64 Å². The third-order valence-electron chi connectivity index (χ3n) is 4.27. The van der Waals surface area contributed by atoms with Crippen molar-refractivity contribution in [3.63, 3.8) is 0 Å². The van der Waals surface area contributed by atoms with Crippen molar-refractivity contribution in [1.82, 2.24) is 0 Å². The molecule has 26 heavy (non-hydrogen) atoms. The van der Waals surface area contributed by atoms with E-state index in [0.717, 1.165) is 6.42 Å². The summed E-state index contributed by atoms with van der Waals surface area (Å²) in [6.07, 6.45) is 0.272. The van der Waals surface area contributed by atoms with Crippen LogP contribution in [0.3, 0.4) is 0 Å². The molecule has 5 nitrogen and oxygen atoms in total. The predicted molar refractivity (Wildman–Crippen MR) is 98.7 cm³/mol. The molecule has 1 aliphatic heterocycles. The van der Waals surface area contributed by atoms with Gasteiger partial charge in [0.05, 0.1) is 11.3 Å². The molecule has 0 unspecified atom stereocenters. The lowest BCUT2D eigenvalue weighted by atomic mass is 10.1. The number of halogens is 1. The average molecular weight is 372 g/mol. The first-order valence-corrected chi connectivity index (χ1v) is 8.75. The van der Waals surface area contributed by atoms with Gasteiger partial charge in [0.1, 0.15) is 0 Å². The van der Waals surface area contributed by atoms with Crippen molar-refractivity contribution in [3.8, 4) is 0 Å². The molecule has 3 rings (SSSR count). The molecule has 2 aromatic rings. The number of Topliss-reactive ketones (excluding diaryl/α,β-unsaturated/α-hetero) is 1. The van der Waals surface area contributed by atoms with E-state index in [1.807, 2.05) is 0 Å². The molecule has 0 bridgehead atoms. The van der Waals surface area contributed by atoms with E-state index in [1.54, 1.807) is 53.4 Å². The summed E-state index contributed by atoms with van der Waals surface area (Å²) in [6, 6.07) is 13.2. The smallest absolute Gasteiger partial charge is 0.340 e. The van der Waals surface area contributed by atoms with Gasteiger partial charge in [0.15, 0.2) is 6.10 Å². The SMILES string of the molecule is C[C@H](OC(=O)c1ccccc1N1CCCC1=O)C(=O)c1ccc(Cl)cc1. The Labute approximate surface area is 156 Å². The van der Waals surface area contributed by atoms with Gasteiger partial charge in [0.2, 0.25) is 11.7 Å². The third kappa shape index (κ3) is 3.78. The summed E-state index contributed by atoms with van der Waals surface area (Å²) in [5.41, 5.74) is 1.21. The molecular formula is C20H18ClNO4. The lowest BCUT2D eigenvalue weighted by Crippen LogP contribution is -2.28. The van der Waals surface area contributed by atoms with Crippen molar-refractivity contribution < 1.29 is 19.1 Å². The van der Waals surface area contributed by atoms with E-state index >= 15 is 0 Å². The number of nitrogens with zero attached hydrogens (tertiary/aromatic N) is 1. The summed E-state index contributed by atoms with van der Waals surface area (Å²) < 4.78 is 5.36. The molecule has 134 valence electrons. The Morgan fingerprint density at radius 1 is 1.12 bits per heavy atom. The highest BCUT2D eigenvalue weighted by atomic mass is 35.5. The number of carbonyl (C=O) groups excluding carboxylic acids is 3. The Morgan fingerprint density at radius 2 is 1.81 bits per heavy atom. The van der Waals surface area contributed by atoms with Crippen LogP contribution in [0, 0.1) is 0 Å². The number of benzene rings is 2. The molecule has 0 aromatic heterocycles. The minimum atomic E-state index is -0.953. The molecule has 6 heteroatoms. The molecule has 1 heterocycles. The zero-order valence-electron chi connectivity index (χ0n) is 14.3. The second-order valence-corrected chi connectivity index (χ2v) is 6.52. The molecule has 1 atom stereocenters. The number of rotatable bonds is 5. The van der Waals surface area contributed by atoms with E-state index in [2.05, 4.69) is 0 Å². The quantitative estimate of drug-likeness (QED) is 0.590. The average Bonchev–Trinajstić information content (AvgIpc) is 3.07. The van der Waals surface area contributed by atoms with Gasteiger partial charge in [-0.15, -0.1) is 0 Å². The highest BCUT2D eigenvalue weighted by Crippen LogP contribution is 2.26. The summed E-state index contributed by atoms with van der Waals surface area (Å²) in [4.78, 5) is 38.6. The van der Waals surface area contributed by atoms with Crippen LogP contribution in [0.25, 0.3) is 0 Å². The standard InChI is InChI=1S/C20H18ClNO4/c1-13(19(24)14-8-10-15(21)11-9-14)26-20(25)16-5-2-3-6-17(16)22-12-4-7-18(22)23/h2-3,5-6,8-11,13H,4,7,12H2,1H3/t13-/m0/s1. The second kappa shape index (κ2) is 7.70. The van der Waals surface area contributed by atoms with Gasteiger partial charge in [-0.1, -0.05) is 23.7 Å². The second-order valence-electron chi connectivity index (χ2n) is 6.08. The fourth-order valence-corrected chi connectivity index (χ4v) is 3.04.